The Labute approximate surface area is 173 Å². The van der Waals surface area contributed by atoms with Crippen molar-refractivity contribution < 1.29 is 0 Å². The molecule has 142 valence electrons. The molecule has 0 amide bonds. The van der Waals surface area contributed by atoms with Crippen LogP contribution < -0.4 is 10.7 Å². The van der Waals surface area contributed by atoms with E-state index in [1.807, 2.05) is 0 Å². The molecule has 0 saturated carbocycles. The number of rotatable bonds is 3. The molecule has 3 heterocycles. The summed E-state index contributed by atoms with van der Waals surface area (Å²) < 4.78 is 1.74. The molecule has 0 atom stereocenters. The van der Waals surface area contributed by atoms with E-state index in [1.165, 1.54) is 17.1 Å². The molecule has 8 nitrogen and oxygen atoms in total. The zero-order chi connectivity index (χ0) is 20.0. The monoisotopic (exact) mass is 435 g/mol. The fourth-order valence-electron chi connectivity index (χ4n) is 2.96. The number of para-hydroxylation sites is 1. The first-order valence-corrected chi connectivity index (χ1v) is 9.16. The van der Waals surface area contributed by atoms with Crippen LogP contribution in [-0.4, -0.2) is 29.8 Å². The molecular weight excluding hydrogens is 425 g/mol. The topological polar surface area (TPSA) is 90.5 Å². The number of hydrogen-bond donors (Lipinski definition) is 1. The first-order valence-electron chi connectivity index (χ1n) is 8.03. The third-order valence-corrected chi connectivity index (χ3v) is 4.96. The molecule has 4 rings (SSSR count). The summed E-state index contributed by atoms with van der Waals surface area (Å²) in [7, 11) is 1.63. The van der Waals surface area contributed by atoms with Gasteiger partial charge in [0.05, 0.1) is 44.9 Å². The lowest BCUT2D eigenvalue weighted by Crippen LogP contribution is -2.14. The molecule has 0 fully saturated rings. The zero-order valence-corrected chi connectivity index (χ0v) is 16.9. The molecular formula is C17H12Cl3N7O. The van der Waals surface area contributed by atoms with Crippen molar-refractivity contribution in [2.75, 3.05) is 5.32 Å². The van der Waals surface area contributed by atoms with Gasteiger partial charge in [-0.05, 0) is 24.3 Å². The van der Waals surface area contributed by atoms with Crippen molar-refractivity contribution in [2.24, 2.45) is 7.05 Å². The Bertz CT molecular complexity index is 1260. The molecule has 0 radical (unpaired) electrons. The number of pyridine rings is 2. The van der Waals surface area contributed by atoms with Crippen molar-refractivity contribution in [3.05, 3.63) is 61.4 Å². The van der Waals surface area contributed by atoms with E-state index < -0.39 is 0 Å². The maximum atomic E-state index is 12.8. The molecule has 28 heavy (non-hydrogen) atoms. The predicted octanol–water partition coefficient (Wildman–Crippen LogP) is 3.92. The highest BCUT2D eigenvalue weighted by molar-refractivity contribution is 6.38. The standard InChI is InChI=1S/C17H12Cl3N7O/c1-8-6-12(28)13-15(27(8)14-9(18)4-3-5-10(14)19)11(20)7-21-16(13)22-17-23-25-26(2)24-17/h3-7H,1-2H3,(H,21,22,24). The summed E-state index contributed by atoms with van der Waals surface area (Å²) >= 11 is 19.3. The Morgan fingerprint density at radius 1 is 1.11 bits per heavy atom. The average Bonchev–Trinajstić information content (AvgIpc) is 3.04. The lowest BCUT2D eigenvalue weighted by atomic mass is 10.1. The van der Waals surface area contributed by atoms with Gasteiger partial charge in [0.1, 0.15) is 5.82 Å². The SMILES string of the molecule is Cc1cc(=O)c2c(Nc3nnn(C)n3)ncc(Cl)c2n1-c1c(Cl)cccc1Cl. The molecule has 1 N–H and O–H groups in total. The van der Waals surface area contributed by atoms with Crippen molar-refractivity contribution in [3.8, 4) is 5.69 Å². The zero-order valence-electron chi connectivity index (χ0n) is 14.6. The van der Waals surface area contributed by atoms with E-state index >= 15 is 0 Å². The summed E-state index contributed by atoms with van der Waals surface area (Å²) in [5, 5.41) is 15.9. The third-order valence-electron chi connectivity index (χ3n) is 4.07. The van der Waals surface area contributed by atoms with Gasteiger partial charge < -0.3 is 9.88 Å². The minimum absolute atomic E-state index is 0.195. The quantitative estimate of drug-likeness (QED) is 0.523. The molecule has 0 bridgehead atoms. The number of benzene rings is 1. The number of nitrogens with zero attached hydrogens (tertiary/aromatic N) is 6. The Morgan fingerprint density at radius 3 is 2.46 bits per heavy atom. The van der Waals surface area contributed by atoms with Gasteiger partial charge in [0.15, 0.2) is 5.43 Å². The fraction of sp³-hybridized carbons (Fsp3) is 0.118. The van der Waals surface area contributed by atoms with Crippen molar-refractivity contribution in [3.63, 3.8) is 0 Å². The Balaban J connectivity index is 2.08. The van der Waals surface area contributed by atoms with E-state index in [9.17, 15) is 4.79 Å². The summed E-state index contributed by atoms with van der Waals surface area (Å²) in [6, 6.07) is 6.63. The van der Waals surface area contributed by atoms with Crippen molar-refractivity contribution in [1.29, 1.82) is 0 Å². The van der Waals surface area contributed by atoms with Crippen molar-refractivity contribution in [2.45, 2.75) is 6.92 Å². The number of tetrazole rings is 1. The maximum absolute atomic E-state index is 12.8. The van der Waals surface area contributed by atoms with Gasteiger partial charge in [-0.1, -0.05) is 46.0 Å². The number of aromatic nitrogens is 6. The predicted molar refractivity (Wildman–Crippen MR) is 109 cm³/mol. The number of anilines is 2. The second-order valence-corrected chi connectivity index (χ2v) is 7.18. The normalized spacial score (nSPS) is 11.2. The van der Waals surface area contributed by atoms with Gasteiger partial charge in [-0.3, -0.25) is 4.79 Å². The highest BCUT2D eigenvalue weighted by Gasteiger charge is 2.20. The molecule has 0 unspecified atom stereocenters. The van der Waals surface area contributed by atoms with Crippen LogP contribution >= 0.6 is 34.8 Å². The van der Waals surface area contributed by atoms with Crippen LogP contribution in [0.15, 0.2) is 35.3 Å². The van der Waals surface area contributed by atoms with Crippen molar-refractivity contribution in [1.82, 2.24) is 29.8 Å². The molecule has 0 aliphatic heterocycles. The van der Waals surface area contributed by atoms with Crippen LogP contribution in [0.1, 0.15) is 5.69 Å². The molecule has 0 aliphatic carbocycles. The number of fused-ring (bicyclic) bond motifs is 1. The minimum atomic E-state index is -0.270. The van der Waals surface area contributed by atoms with Crippen LogP contribution in [0.2, 0.25) is 15.1 Å². The van der Waals surface area contributed by atoms with Crippen molar-refractivity contribution >= 4 is 57.5 Å². The lowest BCUT2D eigenvalue weighted by molar-refractivity contribution is 0.630. The van der Waals surface area contributed by atoms with E-state index in [-0.39, 0.29) is 27.6 Å². The van der Waals surface area contributed by atoms with Gasteiger partial charge in [0.2, 0.25) is 0 Å². The largest absolute Gasteiger partial charge is 0.309 e. The van der Waals surface area contributed by atoms with E-state index in [1.54, 1.807) is 36.7 Å². The molecule has 4 aromatic rings. The van der Waals surface area contributed by atoms with Crippen LogP contribution in [0.4, 0.5) is 11.8 Å². The number of halogens is 3. The highest BCUT2D eigenvalue weighted by Crippen LogP contribution is 2.35. The Morgan fingerprint density at radius 2 is 1.82 bits per heavy atom. The van der Waals surface area contributed by atoms with Crippen LogP contribution in [-0.2, 0) is 7.05 Å². The summed E-state index contributed by atoms with van der Waals surface area (Å²) in [4.78, 5) is 18.4. The van der Waals surface area contributed by atoms with Crippen LogP contribution in [0.3, 0.4) is 0 Å². The van der Waals surface area contributed by atoms with E-state index in [2.05, 4.69) is 25.7 Å². The van der Waals surface area contributed by atoms with E-state index in [0.29, 0.717) is 26.9 Å². The second-order valence-electron chi connectivity index (χ2n) is 5.96. The van der Waals surface area contributed by atoms with E-state index in [4.69, 9.17) is 34.8 Å². The minimum Gasteiger partial charge on any atom is -0.309 e. The lowest BCUT2D eigenvalue weighted by Gasteiger charge is -2.19. The summed E-state index contributed by atoms with van der Waals surface area (Å²) in [6.07, 6.45) is 1.43. The Hall–Kier alpha value is -2.68. The van der Waals surface area contributed by atoms with Gasteiger partial charge in [-0.2, -0.15) is 4.80 Å². The van der Waals surface area contributed by atoms with E-state index in [0.717, 1.165) is 0 Å². The molecule has 0 aliphatic rings. The third kappa shape index (κ3) is 3.09. The summed E-state index contributed by atoms with van der Waals surface area (Å²) in [5.41, 5.74) is 1.28. The molecule has 11 heteroatoms. The van der Waals surface area contributed by atoms with Crippen LogP contribution in [0.5, 0.6) is 0 Å². The smallest absolute Gasteiger partial charge is 0.269 e. The van der Waals surface area contributed by atoms with Gasteiger partial charge >= 0.3 is 0 Å². The first kappa shape index (κ1) is 18.7. The molecule has 0 spiro atoms. The summed E-state index contributed by atoms with van der Waals surface area (Å²) in [6.45, 7) is 1.77. The number of hydrogen-bond acceptors (Lipinski definition) is 6. The molecule has 0 saturated heterocycles. The number of nitrogens with one attached hydrogen (secondary N) is 1. The Kier molecular flexibility index (Phi) is 4.70. The average molecular weight is 437 g/mol. The fourth-order valence-corrected chi connectivity index (χ4v) is 3.75. The van der Waals surface area contributed by atoms with Gasteiger partial charge in [-0.15, -0.1) is 5.10 Å². The van der Waals surface area contributed by atoms with Crippen LogP contribution in [0, 0.1) is 6.92 Å². The summed E-state index contributed by atoms with van der Waals surface area (Å²) in [5.74, 6) is 0.440. The number of aryl methyl sites for hydroxylation is 2. The maximum Gasteiger partial charge on any atom is 0.269 e. The van der Waals surface area contributed by atoms with Gasteiger partial charge in [0, 0.05) is 11.8 Å². The first-order chi connectivity index (χ1) is 13.4. The van der Waals surface area contributed by atoms with Gasteiger partial charge in [0.25, 0.3) is 5.95 Å². The molecule has 3 aromatic heterocycles. The highest BCUT2D eigenvalue weighted by atomic mass is 35.5. The van der Waals surface area contributed by atoms with Gasteiger partial charge in [-0.25, -0.2) is 4.98 Å². The second kappa shape index (κ2) is 7.05. The van der Waals surface area contributed by atoms with Crippen LogP contribution in [0.25, 0.3) is 16.6 Å². The molecule has 1 aromatic carbocycles.